The number of aromatic nitrogens is 1. The second-order valence-electron chi connectivity index (χ2n) is 10.7. The van der Waals surface area contributed by atoms with Crippen molar-refractivity contribution >= 4 is 39.0 Å². The number of nitrogens with zero attached hydrogens (tertiary/aromatic N) is 4. The van der Waals surface area contributed by atoms with Crippen LogP contribution in [-0.2, 0) is 16.2 Å². The van der Waals surface area contributed by atoms with E-state index in [9.17, 15) is 26.4 Å². The van der Waals surface area contributed by atoms with E-state index in [2.05, 4.69) is 15.2 Å². The molecule has 0 aliphatic carbocycles. The summed E-state index contributed by atoms with van der Waals surface area (Å²) in [5.41, 5.74) is 7.41. The molecular weight excluding hydrogens is 593 g/mol. The van der Waals surface area contributed by atoms with E-state index in [-0.39, 0.29) is 42.0 Å². The summed E-state index contributed by atoms with van der Waals surface area (Å²) in [5.74, 6) is -0.525. The molecule has 9 nitrogen and oxygen atoms in total. The Balaban J connectivity index is 1.22. The smallest absolute Gasteiger partial charge is 0.366 e. The Hall–Kier alpha value is -3.39. The van der Waals surface area contributed by atoms with Crippen LogP contribution in [-0.4, -0.2) is 75.0 Å². The van der Waals surface area contributed by atoms with E-state index in [1.165, 1.54) is 16.4 Å². The van der Waals surface area contributed by atoms with E-state index in [0.29, 0.717) is 28.8 Å². The number of piperazine rings is 2. The van der Waals surface area contributed by atoms with Crippen LogP contribution in [0.2, 0.25) is 5.15 Å². The van der Waals surface area contributed by atoms with Crippen molar-refractivity contribution in [1.29, 1.82) is 0 Å². The van der Waals surface area contributed by atoms with Crippen LogP contribution >= 0.6 is 11.6 Å². The molecule has 0 saturated carbocycles. The monoisotopic (exact) mass is 620 g/mol. The van der Waals surface area contributed by atoms with Gasteiger partial charge < -0.3 is 20.9 Å². The van der Waals surface area contributed by atoms with Crippen molar-refractivity contribution in [2.24, 2.45) is 5.73 Å². The first-order chi connectivity index (χ1) is 19.9. The molecule has 1 aromatic heterocycles. The minimum atomic E-state index is -4.58. The highest BCUT2D eigenvalue weighted by Crippen LogP contribution is 2.39. The minimum Gasteiger partial charge on any atom is -0.366 e. The molecular formula is C28H28ClF3N6O3S. The Labute approximate surface area is 246 Å². The lowest BCUT2D eigenvalue weighted by Gasteiger charge is -2.35. The number of nitrogens with one attached hydrogen (secondary N) is 1. The molecule has 2 unspecified atom stereocenters. The second kappa shape index (κ2) is 10.7. The number of nitrogens with two attached hydrogens (primary N) is 1. The zero-order valence-corrected chi connectivity index (χ0v) is 23.9. The number of benzene rings is 2. The maximum atomic E-state index is 13.5. The lowest BCUT2D eigenvalue weighted by molar-refractivity contribution is -0.137. The third-order valence-electron chi connectivity index (χ3n) is 8.13. The fourth-order valence-corrected chi connectivity index (χ4v) is 7.68. The summed E-state index contributed by atoms with van der Waals surface area (Å²) in [4.78, 5) is 20.3. The van der Waals surface area contributed by atoms with Crippen molar-refractivity contribution in [2.45, 2.75) is 29.6 Å². The van der Waals surface area contributed by atoms with Crippen LogP contribution in [0.15, 0.2) is 59.5 Å². The molecule has 14 heteroatoms. The number of pyridine rings is 1. The Morgan fingerprint density at radius 3 is 2.36 bits per heavy atom. The van der Waals surface area contributed by atoms with E-state index in [0.717, 1.165) is 37.3 Å². The molecule has 222 valence electrons. The summed E-state index contributed by atoms with van der Waals surface area (Å²) in [6.45, 7) is 2.06. The molecule has 2 atom stereocenters. The van der Waals surface area contributed by atoms with E-state index in [1.807, 2.05) is 6.07 Å². The van der Waals surface area contributed by atoms with Crippen LogP contribution in [0.4, 0.5) is 24.7 Å². The van der Waals surface area contributed by atoms with Crippen LogP contribution in [0.5, 0.6) is 0 Å². The largest absolute Gasteiger partial charge is 0.416 e. The average Bonchev–Trinajstić information content (AvgIpc) is 3.60. The van der Waals surface area contributed by atoms with Crippen molar-refractivity contribution < 1.29 is 26.4 Å². The van der Waals surface area contributed by atoms with E-state index in [4.69, 9.17) is 17.3 Å². The summed E-state index contributed by atoms with van der Waals surface area (Å²) in [5, 5.41) is 3.18. The van der Waals surface area contributed by atoms with Crippen LogP contribution in [0.25, 0.3) is 11.1 Å². The van der Waals surface area contributed by atoms with Gasteiger partial charge in [-0.3, -0.25) is 4.79 Å². The maximum absolute atomic E-state index is 13.5. The number of alkyl halides is 3. The first-order valence-electron chi connectivity index (χ1n) is 13.4. The Morgan fingerprint density at radius 2 is 1.76 bits per heavy atom. The zero-order chi connectivity index (χ0) is 29.8. The number of fused-ring (bicyclic) bond motifs is 2. The molecule has 0 radical (unpaired) electrons. The fraction of sp³-hybridized carbons (Fsp3) is 0.357. The molecule has 2 aromatic carbocycles. The molecule has 3 aliphatic rings. The molecule has 3 saturated heterocycles. The van der Waals surface area contributed by atoms with Gasteiger partial charge in [-0.05, 0) is 48.4 Å². The van der Waals surface area contributed by atoms with Gasteiger partial charge in [-0.25, -0.2) is 13.4 Å². The third-order valence-corrected chi connectivity index (χ3v) is 10.2. The number of hydrogen-bond acceptors (Lipinski definition) is 7. The summed E-state index contributed by atoms with van der Waals surface area (Å²) in [7, 11) is -3.90. The van der Waals surface area contributed by atoms with E-state index < -0.39 is 27.7 Å². The summed E-state index contributed by atoms with van der Waals surface area (Å²) < 4.78 is 68.0. The van der Waals surface area contributed by atoms with Crippen LogP contribution < -0.4 is 20.9 Å². The van der Waals surface area contributed by atoms with Crippen molar-refractivity contribution in [2.75, 3.05) is 49.1 Å². The third kappa shape index (κ3) is 5.30. The lowest BCUT2D eigenvalue weighted by Crippen LogP contribution is -2.49. The molecule has 4 heterocycles. The molecule has 1 amide bonds. The molecule has 2 bridgehead atoms. The van der Waals surface area contributed by atoms with Gasteiger partial charge in [-0.2, -0.15) is 17.5 Å². The second-order valence-corrected chi connectivity index (χ2v) is 13.0. The number of hydrogen-bond donors (Lipinski definition) is 2. The lowest BCUT2D eigenvalue weighted by atomic mass is 9.96. The normalized spacial score (nSPS) is 21.2. The number of carbonyl (C=O) groups excluding carboxylic acids is 1. The Bertz CT molecular complexity index is 1630. The minimum absolute atomic E-state index is 0.0437. The van der Waals surface area contributed by atoms with Gasteiger partial charge in [0.2, 0.25) is 15.9 Å². The molecule has 3 N–H and O–H groups in total. The number of amides is 1. The SMILES string of the molecule is NC(=O)c1cccc(N2CC3CC2CN3)c1-c1ccc(S(=O)(=O)N2CCN(c3cc(C(F)(F)F)cc(Cl)n3)CC2)cc1. The first-order valence-corrected chi connectivity index (χ1v) is 15.3. The summed E-state index contributed by atoms with van der Waals surface area (Å²) in [6.07, 6.45) is -3.57. The van der Waals surface area contributed by atoms with Crippen molar-refractivity contribution in [1.82, 2.24) is 14.6 Å². The van der Waals surface area contributed by atoms with Crippen molar-refractivity contribution in [3.8, 4) is 11.1 Å². The van der Waals surface area contributed by atoms with Gasteiger partial charge in [-0.1, -0.05) is 29.8 Å². The van der Waals surface area contributed by atoms with Gasteiger partial charge in [0.1, 0.15) is 11.0 Å². The topological polar surface area (TPSA) is 112 Å². The quantitative estimate of drug-likeness (QED) is 0.405. The fourth-order valence-electron chi connectivity index (χ4n) is 6.05. The number of carbonyl (C=O) groups is 1. The maximum Gasteiger partial charge on any atom is 0.416 e. The highest BCUT2D eigenvalue weighted by Gasteiger charge is 2.39. The highest BCUT2D eigenvalue weighted by atomic mass is 35.5. The molecule has 3 aromatic rings. The van der Waals surface area contributed by atoms with Crippen LogP contribution in [0, 0.1) is 0 Å². The zero-order valence-electron chi connectivity index (χ0n) is 22.3. The number of sulfonamides is 1. The van der Waals surface area contributed by atoms with E-state index >= 15 is 0 Å². The Morgan fingerprint density at radius 1 is 1.05 bits per heavy atom. The number of primary amides is 1. The van der Waals surface area contributed by atoms with Crippen molar-refractivity contribution in [3.05, 3.63) is 70.9 Å². The van der Waals surface area contributed by atoms with Gasteiger partial charge >= 0.3 is 6.18 Å². The number of halogens is 4. The predicted octanol–water partition coefficient (Wildman–Crippen LogP) is 3.58. The number of anilines is 2. The van der Waals surface area contributed by atoms with Gasteiger partial charge in [0.25, 0.3) is 0 Å². The molecule has 6 rings (SSSR count). The van der Waals surface area contributed by atoms with Gasteiger partial charge in [0.15, 0.2) is 0 Å². The summed E-state index contributed by atoms with van der Waals surface area (Å²) >= 11 is 5.83. The van der Waals surface area contributed by atoms with Gasteiger partial charge in [0, 0.05) is 68.2 Å². The molecule has 3 fully saturated rings. The Kier molecular flexibility index (Phi) is 7.32. The summed E-state index contributed by atoms with van der Waals surface area (Å²) in [6, 6.07) is 14.2. The predicted molar refractivity (Wildman–Crippen MR) is 153 cm³/mol. The average molecular weight is 621 g/mol. The highest BCUT2D eigenvalue weighted by molar-refractivity contribution is 7.89. The van der Waals surface area contributed by atoms with Crippen molar-refractivity contribution in [3.63, 3.8) is 0 Å². The van der Waals surface area contributed by atoms with Crippen LogP contribution in [0.3, 0.4) is 0 Å². The van der Waals surface area contributed by atoms with Gasteiger partial charge in [-0.15, -0.1) is 0 Å². The first kappa shape index (κ1) is 28.7. The number of rotatable bonds is 6. The molecule has 0 spiro atoms. The van der Waals surface area contributed by atoms with Gasteiger partial charge in [0.05, 0.1) is 10.5 Å². The molecule has 42 heavy (non-hydrogen) atoms. The molecule has 3 aliphatic heterocycles. The van der Waals surface area contributed by atoms with Crippen LogP contribution in [0.1, 0.15) is 22.3 Å². The standard InChI is InChI=1S/C28H28ClF3N6O3S/c29-24-12-18(28(30,31)32)13-25(35-24)36-8-10-37(11-9-36)42(40,41)21-6-4-17(5-7-21)26-22(27(33)39)2-1-3-23(26)38-16-19-14-20(38)15-34-19/h1-7,12-13,19-20,34H,8-11,14-16H2,(H2,33,39). The van der Waals surface area contributed by atoms with E-state index in [1.54, 1.807) is 29.2 Å².